The van der Waals surface area contributed by atoms with Gasteiger partial charge >= 0.3 is 0 Å². The first-order valence-electron chi connectivity index (χ1n) is 12.0. The maximum Gasteiger partial charge on any atom is 0.235 e. The zero-order valence-corrected chi connectivity index (χ0v) is 19.9. The number of fused-ring (bicyclic) bond motifs is 3. The van der Waals surface area contributed by atoms with Crippen molar-refractivity contribution in [2.45, 2.75) is 30.8 Å². The van der Waals surface area contributed by atoms with Crippen LogP contribution >= 0.6 is 0 Å². The summed E-state index contributed by atoms with van der Waals surface area (Å²) in [7, 11) is 1.64. The molecule has 2 fully saturated rings. The number of β-amino-alcohol motifs (C(OH)–C–C–N with tert-alkyl or cyclic N) is 1. The molecular weight excluding hydrogens is 458 g/mol. The van der Waals surface area contributed by atoms with Crippen LogP contribution in [-0.2, 0) is 10.2 Å². The summed E-state index contributed by atoms with van der Waals surface area (Å²) >= 11 is 0. The lowest BCUT2D eigenvalue weighted by atomic mass is 9.91. The quantitative estimate of drug-likeness (QED) is 0.341. The van der Waals surface area contributed by atoms with Crippen molar-refractivity contribution in [3.63, 3.8) is 0 Å². The third-order valence-electron chi connectivity index (χ3n) is 7.77. The van der Waals surface area contributed by atoms with Gasteiger partial charge in [-0.3, -0.25) is 9.89 Å². The Morgan fingerprint density at radius 2 is 2.03 bits per heavy atom. The van der Waals surface area contributed by atoms with E-state index in [0.717, 1.165) is 51.3 Å². The van der Waals surface area contributed by atoms with Gasteiger partial charge in [0.2, 0.25) is 5.91 Å². The number of carbonyl (C=O) groups is 1. The molecule has 3 aliphatic rings. The Labute approximate surface area is 206 Å². The lowest BCUT2D eigenvalue weighted by Crippen LogP contribution is -2.51. The van der Waals surface area contributed by atoms with E-state index in [1.807, 2.05) is 36.1 Å². The molecule has 4 heterocycles. The van der Waals surface area contributed by atoms with Crippen LogP contribution in [0.15, 0.2) is 42.7 Å². The predicted octanol–water partition coefficient (Wildman–Crippen LogP) is 2.97. The molecule has 1 spiro atoms. The predicted molar refractivity (Wildman–Crippen MR) is 135 cm³/mol. The summed E-state index contributed by atoms with van der Waals surface area (Å²) < 4.78 is 5.41. The fourth-order valence-corrected chi connectivity index (χ4v) is 5.67. The largest absolute Gasteiger partial charge is 0.497 e. The third-order valence-corrected chi connectivity index (χ3v) is 7.77. The molecule has 10 nitrogen and oxygen atoms in total. The van der Waals surface area contributed by atoms with Crippen molar-refractivity contribution in [2.24, 2.45) is 0 Å². The Balaban J connectivity index is 1.17. The molecule has 1 saturated carbocycles. The Kier molecular flexibility index (Phi) is 4.35. The van der Waals surface area contributed by atoms with Crippen LogP contribution in [0.4, 0.5) is 23.1 Å². The van der Waals surface area contributed by atoms with Gasteiger partial charge in [-0.15, -0.1) is 0 Å². The number of H-pyrrole nitrogens is 1. The first-order valence-corrected chi connectivity index (χ1v) is 12.0. The first-order chi connectivity index (χ1) is 17.5. The summed E-state index contributed by atoms with van der Waals surface area (Å²) in [6, 6.07) is 12.0. The highest BCUT2D eigenvalue weighted by Gasteiger charge is 2.65. The van der Waals surface area contributed by atoms with E-state index in [9.17, 15) is 9.90 Å². The average Bonchev–Trinajstić information content (AvgIpc) is 3.42. The lowest BCUT2D eigenvalue weighted by Gasteiger charge is -2.37. The minimum absolute atomic E-state index is 0.0487. The first kappa shape index (κ1) is 21.1. The van der Waals surface area contributed by atoms with Crippen LogP contribution in [0.5, 0.6) is 5.75 Å². The number of nitrogens with one attached hydrogen (secondary N) is 3. The summed E-state index contributed by atoms with van der Waals surface area (Å²) in [5, 5.41) is 24.6. The maximum atomic E-state index is 13.0. The van der Waals surface area contributed by atoms with Gasteiger partial charge in [-0.2, -0.15) is 5.10 Å². The molecule has 4 aromatic rings. The van der Waals surface area contributed by atoms with Crippen molar-refractivity contribution >= 4 is 40.0 Å². The van der Waals surface area contributed by atoms with Gasteiger partial charge in [0.05, 0.1) is 24.1 Å². The summed E-state index contributed by atoms with van der Waals surface area (Å²) in [5.41, 5.74) is 4.22. The molecule has 1 amide bonds. The lowest BCUT2D eigenvalue weighted by molar-refractivity contribution is -0.118. The summed E-state index contributed by atoms with van der Waals surface area (Å²) in [4.78, 5) is 23.8. The SMILES string of the molecule is COc1ccc2c(c1)[C@]1(C[C@H]1c1ccc3c(Nc4ncnc(N5CC(O)C5)c4C)n[nH]c3c1)C(=O)N2. The Morgan fingerprint density at radius 3 is 2.83 bits per heavy atom. The molecule has 182 valence electrons. The number of aliphatic hydroxyl groups excluding tert-OH is 1. The molecule has 1 aliphatic carbocycles. The van der Waals surface area contributed by atoms with E-state index in [1.54, 1.807) is 7.11 Å². The van der Waals surface area contributed by atoms with Crippen molar-refractivity contribution in [3.8, 4) is 5.75 Å². The number of aliphatic hydroxyl groups is 1. The van der Waals surface area contributed by atoms with Gasteiger partial charge < -0.3 is 25.4 Å². The van der Waals surface area contributed by atoms with Crippen LogP contribution in [-0.4, -0.2) is 57.5 Å². The Bertz CT molecular complexity index is 1540. The van der Waals surface area contributed by atoms with Crippen molar-refractivity contribution < 1.29 is 14.6 Å². The molecule has 7 rings (SSSR count). The fraction of sp³-hybridized carbons (Fsp3) is 0.308. The summed E-state index contributed by atoms with van der Waals surface area (Å²) in [6.45, 7) is 3.11. The third kappa shape index (κ3) is 2.94. The number of ether oxygens (including phenoxy) is 1. The van der Waals surface area contributed by atoms with Crippen LogP contribution < -0.4 is 20.3 Å². The van der Waals surface area contributed by atoms with Gasteiger partial charge in [0.25, 0.3) is 0 Å². The maximum absolute atomic E-state index is 13.0. The van der Waals surface area contributed by atoms with Crippen molar-refractivity contribution in [1.82, 2.24) is 20.2 Å². The van der Waals surface area contributed by atoms with Crippen LogP contribution in [0.2, 0.25) is 0 Å². The molecule has 36 heavy (non-hydrogen) atoms. The molecule has 10 heteroatoms. The number of methoxy groups -OCH3 is 1. The summed E-state index contributed by atoms with van der Waals surface area (Å²) in [5.74, 6) is 3.05. The van der Waals surface area contributed by atoms with Gasteiger partial charge in [0.15, 0.2) is 5.82 Å². The molecule has 2 aromatic carbocycles. The number of carbonyl (C=O) groups excluding carboxylic acids is 1. The standard InChI is InChI=1S/C26H25N7O3/c1-13-22(27-12-28-24(13)33-10-15(34)11-33)30-23-17-5-3-14(7-21(17)31-32-23)19-9-26(19)18-8-16(36-2)4-6-20(18)29-25(26)35/h3-8,12,15,19,34H,9-11H2,1-2H3,(H,29,35)(H2,27,28,30,31,32)/t19-,26-/m0/s1. The van der Waals surface area contributed by atoms with Crippen LogP contribution in [0.3, 0.4) is 0 Å². The number of amides is 1. The molecular formula is C26H25N7O3. The monoisotopic (exact) mass is 483 g/mol. The normalized spacial score (nSPS) is 22.5. The van der Waals surface area contributed by atoms with Crippen molar-refractivity contribution in [3.05, 3.63) is 59.4 Å². The number of hydrogen-bond acceptors (Lipinski definition) is 8. The van der Waals surface area contributed by atoms with Gasteiger partial charge in [-0.05, 0) is 54.8 Å². The van der Waals surface area contributed by atoms with Crippen LogP contribution in [0.25, 0.3) is 10.9 Å². The zero-order valence-electron chi connectivity index (χ0n) is 19.9. The molecule has 0 bridgehead atoms. The number of benzene rings is 2. The van der Waals surface area contributed by atoms with Gasteiger partial charge in [0, 0.05) is 35.6 Å². The van der Waals surface area contributed by atoms with E-state index in [0.29, 0.717) is 24.7 Å². The second kappa shape index (κ2) is 7.41. The van der Waals surface area contributed by atoms with Crippen molar-refractivity contribution in [2.75, 3.05) is 35.7 Å². The number of anilines is 4. The molecule has 1 saturated heterocycles. The average molecular weight is 484 g/mol. The highest BCUT2D eigenvalue weighted by Crippen LogP contribution is 2.65. The molecule has 0 radical (unpaired) electrons. The van der Waals surface area contributed by atoms with Gasteiger partial charge in [-0.25, -0.2) is 9.97 Å². The number of nitrogens with zero attached hydrogens (tertiary/aromatic N) is 4. The van der Waals surface area contributed by atoms with E-state index >= 15 is 0 Å². The molecule has 2 atom stereocenters. The number of hydrogen-bond donors (Lipinski definition) is 4. The van der Waals surface area contributed by atoms with E-state index in [4.69, 9.17) is 4.74 Å². The highest BCUT2D eigenvalue weighted by molar-refractivity contribution is 6.10. The number of aromatic amines is 1. The van der Waals surface area contributed by atoms with E-state index in [2.05, 4.69) is 42.9 Å². The smallest absolute Gasteiger partial charge is 0.235 e. The molecule has 2 aromatic heterocycles. The summed E-state index contributed by atoms with van der Waals surface area (Å²) in [6.07, 6.45) is 1.98. The number of rotatable bonds is 5. The van der Waals surface area contributed by atoms with E-state index in [-0.39, 0.29) is 17.9 Å². The zero-order chi connectivity index (χ0) is 24.6. The Hall–Kier alpha value is -4.18. The molecule has 4 N–H and O–H groups in total. The molecule has 0 unspecified atom stereocenters. The molecule has 2 aliphatic heterocycles. The van der Waals surface area contributed by atoms with Crippen LogP contribution in [0, 0.1) is 6.92 Å². The van der Waals surface area contributed by atoms with E-state index < -0.39 is 5.41 Å². The minimum Gasteiger partial charge on any atom is -0.497 e. The van der Waals surface area contributed by atoms with Crippen molar-refractivity contribution in [1.29, 1.82) is 0 Å². The minimum atomic E-state index is -0.544. The fourth-order valence-electron chi connectivity index (χ4n) is 5.67. The van der Waals surface area contributed by atoms with Gasteiger partial charge in [-0.1, -0.05) is 6.07 Å². The second-order valence-electron chi connectivity index (χ2n) is 9.83. The van der Waals surface area contributed by atoms with Crippen LogP contribution in [0.1, 0.15) is 29.0 Å². The Morgan fingerprint density at radius 1 is 1.17 bits per heavy atom. The highest BCUT2D eigenvalue weighted by atomic mass is 16.5. The number of aromatic nitrogens is 4. The second-order valence-corrected chi connectivity index (χ2v) is 9.83. The van der Waals surface area contributed by atoms with E-state index in [1.165, 1.54) is 6.33 Å². The van der Waals surface area contributed by atoms with Gasteiger partial charge in [0.1, 0.15) is 23.7 Å². The topological polar surface area (TPSA) is 128 Å².